The molecule has 0 aliphatic carbocycles. The van der Waals surface area contributed by atoms with Crippen molar-refractivity contribution < 1.29 is 14.3 Å². The molecule has 7 heteroatoms. The van der Waals surface area contributed by atoms with Gasteiger partial charge in [0.25, 0.3) is 0 Å². The van der Waals surface area contributed by atoms with Crippen LogP contribution in [-0.2, 0) is 11.3 Å². The Balaban J connectivity index is 0.00000242. The Bertz CT molecular complexity index is 445. The van der Waals surface area contributed by atoms with Crippen molar-refractivity contribution in [2.24, 2.45) is 10.4 Å². The third-order valence-electron chi connectivity index (χ3n) is 4.06. The fourth-order valence-electron chi connectivity index (χ4n) is 2.56. The van der Waals surface area contributed by atoms with E-state index in [9.17, 15) is 5.11 Å². The van der Waals surface area contributed by atoms with E-state index in [1.165, 1.54) is 0 Å². The van der Waals surface area contributed by atoms with Crippen LogP contribution in [0, 0.1) is 5.41 Å². The monoisotopic (exact) mass is 423 g/mol. The largest absolute Gasteiger partial charge is 0.467 e. The second-order valence-corrected chi connectivity index (χ2v) is 5.61. The predicted molar refractivity (Wildman–Crippen MR) is 96.5 cm³/mol. The van der Waals surface area contributed by atoms with Gasteiger partial charge in [0.2, 0.25) is 0 Å². The Morgan fingerprint density at radius 3 is 2.73 bits per heavy atom. The van der Waals surface area contributed by atoms with Crippen LogP contribution in [0.3, 0.4) is 0 Å². The molecule has 0 amide bonds. The van der Waals surface area contributed by atoms with E-state index in [2.05, 4.69) is 10.3 Å². The average Bonchev–Trinajstić information content (AvgIpc) is 3.01. The van der Waals surface area contributed by atoms with Gasteiger partial charge in [-0.3, -0.25) is 4.99 Å². The molecule has 1 aromatic heterocycles. The number of aliphatic hydroxyl groups excluding tert-OH is 1. The number of aliphatic hydroxyl groups is 1. The zero-order valence-corrected chi connectivity index (χ0v) is 15.6. The van der Waals surface area contributed by atoms with Gasteiger partial charge in [-0.2, -0.15) is 0 Å². The molecular formula is C15H26IN3O3. The summed E-state index contributed by atoms with van der Waals surface area (Å²) in [5.74, 6) is 1.69. The molecule has 2 rings (SSSR count). The fraction of sp³-hybridized carbons (Fsp3) is 0.667. The predicted octanol–water partition coefficient (Wildman–Crippen LogP) is 1.69. The lowest BCUT2D eigenvalue weighted by Crippen LogP contribution is -2.47. The highest BCUT2D eigenvalue weighted by Crippen LogP contribution is 2.29. The van der Waals surface area contributed by atoms with Crippen LogP contribution < -0.4 is 5.32 Å². The van der Waals surface area contributed by atoms with Crippen LogP contribution in [0.25, 0.3) is 0 Å². The molecule has 0 bridgehead atoms. The standard InChI is InChI=1S/C15H25N3O3.HI/c1-16-14(18(2)10-13-4-3-7-21-13)17-11-15(12-19)5-8-20-9-6-15;/h3-4,7,19H,5-6,8-12H2,1-2H3,(H,16,17);1H. The van der Waals surface area contributed by atoms with Gasteiger partial charge in [-0.15, -0.1) is 24.0 Å². The lowest BCUT2D eigenvalue weighted by atomic mass is 9.81. The minimum Gasteiger partial charge on any atom is -0.467 e. The summed E-state index contributed by atoms with van der Waals surface area (Å²) in [5, 5.41) is 13.1. The SMILES string of the molecule is CN=C(NCC1(CO)CCOCC1)N(C)Cc1ccco1.I. The molecule has 0 spiro atoms. The number of aliphatic imine (C=N–C) groups is 1. The summed E-state index contributed by atoms with van der Waals surface area (Å²) >= 11 is 0. The van der Waals surface area contributed by atoms with Crippen molar-refractivity contribution in [3.05, 3.63) is 24.2 Å². The second-order valence-electron chi connectivity index (χ2n) is 5.61. The summed E-state index contributed by atoms with van der Waals surface area (Å²) in [5.41, 5.74) is -0.111. The number of hydrogen-bond acceptors (Lipinski definition) is 4. The van der Waals surface area contributed by atoms with Crippen molar-refractivity contribution >= 4 is 29.9 Å². The molecule has 0 aromatic carbocycles. The first-order valence-corrected chi connectivity index (χ1v) is 7.32. The number of nitrogens with one attached hydrogen (secondary N) is 1. The summed E-state index contributed by atoms with van der Waals surface area (Å²) in [4.78, 5) is 6.30. The van der Waals surface area contributed by atoms with Crippen LogP contribution in [0.1, 0.15) is 18.6 Å². The van der Waals surface area contributed by atoms with Gasteiger partial charge in [-0.25, -0.2) is 0 Å². The summed E-state index contributed by atoms with van der Waals surface area (Å²) in [6.45, 7) is 2.94. The minimum absolute atomic E-state index is 0. The van der Waals surface area contributed by atoms with Crippen molar-refractivity contribution in [3.8, 4) is 0 Å². The Labute approximate surface area is 148 Å². The van der Waals surface area contributed by atoms with Gasteiger partial charge in [-0.05, 0) is 25.0 Å². The topological polar surface area (TPSA) is 70.2 Å². The van der Waals surface area contributed by atoms with Gasteiger partial charge in [0.1, 0.15) is 5.76 Å². The van der Waals surface area contributed by atoms with Crippen LogP contribution >= 0.6 is 24.0 Å². The molecule has 1 aromatic rings. The summed E-state index contributed by atoms with van der Waals surface area (Å²) in [6.07, 6.45) is 3.41. The van der Waals surface area contributed by atoms with E-state index in [-0.39, 0.29) is 36.0 Å². The van der Waals surface area contributed by atoms with Gasteiger partial charge < -0.3 is 24.5 Å². The molecule has 1 aliphatic heterocycles. The average molecular weight is 423 g/mol. The first-order chi connectivity index (χ1) is 10.2. The van der Waals surface area contributed by atoms with Crippen molar-refractivity contribution in [3.63, 3.8) is 0 Å². The van der Waals surface area contributed by atoms with Gasteiger partial charge in [0.05, 0.1) is 19.4 Å². The quantitative estimate of drug-likeness (QED) is 0.429. The maximum atomic E-state index is 9.71. The number of hydrogen-bond donors (Lipinski definition) is 2. The molecule has 2 heterocycles. The summed E-state index contributed by atoms with van der Waals surface area (Å²) in [6, 6.07) is 3.82. The lowest BCUT2D eigenvalue weighted by Gasteiger charge is -2.36. The highest BCUT2D eigenvalue weighted by molar-refractivity contribution is 14.0. The number of furan rings is 1. The second kappa shape index (κ2) is 9.36. The van der Waals surface area contributed by atoms with Crippen LogP contribution in [-0.4, -0.2) is 56.4 Å². The highest BCUT2D eigenvalue weighted by Gasteiger charge is 2.32. The smallest absolute Gasteiger partial charge is 0.193 e. The number of nitrogens with zero attached hydrogens (tertiary/aromatic N) is 2. The van der Waals surface area contributed by atoms with E-state index in [0.29, 0.717) is 26.3 Å². The molecule has 0 atom stereocenters. The van der Waals surface area contributed by atoms with Crippen molar-refractivity contribution in [2.75, 3.05) is 40.5 Å². The molecule has 1 aliphatic rings. The Kier molecular flexibility index (Phi) is 8.19. The van der Waals surface area contributed by atoms with E-state index < -0.39 is 0 Å². The molecule has 1 fully saturated rings. The molecule has 0 radical (unpaired) electrons. The number of guanidine groups is 1. The van der Waals surface area contributed by atoms with Crippen molar-refractivity contribution in [2.45, 2.75) is 19.4 Å². The minimum atomic E-state index is -0.111. The Morgan fingerprint density at radius 2 is 2.18 bits per heavy atom. The van der Waals surface area contributed by atoms with E-state index in [1.807, 2.05) is 24.1 Å². The Morgan fingerprint density at radius 1 is 1.45 bits per heavy atom. The zero-order chi connectivity index (χ0) is 15.1. The third-order valence-corrected chi connectivity index (χ3v) is 4.06. The lowest BCUT2D eigenvalue weighted by molar-refractivity contribution is -0.0134. The first-order valence-electron chi connectivity index (χ1n) is 7.32. The van der Waals surface area contributed by atoms with E-state index in [1.54, 1.807) is 13.3 Å². The Hall–Kier alpha value is -0.800. The van der Waals surface area contributed by atoms with Gasteiger partial charge in [-0.1, -0.05) is 0 Å². The van der Waals surface area contributed by atoms with E-state index in [0.717, 1.165) is 24.6 Å². The maximum Gasteiger partial charge on any atom is 0.193 e. The van der Waals surface area contributed by atoms with E-state index >= 15 is 0 Å². The van der Waals surface area contributed by atoms with Gasteiger partial charge >= 0.3 is 0 Å². The third kappa shape index (κ3) is 5.13. The molecule has 2 N–H and O–H groups in total. The number of rotatable bonds is 5. The highest BCUT2D eigenvalue weighted by atomic mass is 127. The molecule has 6 nitrogen and oxygen atoms in total. The summed E-state index contributed by atoms with van der Waals surface area (Å²) in [7, 11) is 3.73. The molecule has 126 valence electrons. The van der Waals surface area contributed by atoms with Crippen molar-refractivity contribution in [1.29, 1.82) is 0 Å². The van der Waals surface area contributed by atoms with Crippen molar-refractivity contribution in [1.82, 2.24) is 10.2 Å². The molecule has 22 heavy (non-hydrogen) atoms. The maximum absolute atomic E-state index is 9.71. The number of halogens is 1. The zero-order valence-electron chi connectivity index (χ0n) is 13.2. The first kappa shape index (κ1) is 19.2. The van der Waals surface area contributed by atoms with Crippen LogP contribution in [0.15, 0.2) is 27.8 Å². The van der Waals surface area contributed by atoms with Crippen LogP contribution in [0.2, 0.25) is 0 Å². The van der Waals surface area contributed by atoms with Gasteiger partial charge in [0.15, 0.2) is 5.96 Å². The van der Waals surface area contributed by atoms with Crippen LogP contribution in [0.5, 0.6) is 0 Å². The molecule has 1 saturated heterocycles. The molecule has 0 unspecified atom stereocenters. The number of ether oxygens (including phenoxy) is 1. The van der Waals surface area contributed by atoms with Crippen LogP contribution in [0.4, 0.5) is 0 Å². The summed E-state index contributed by atoms with van der Waals surface area (Å²) < 4.78 is 10.7. The molecule has 0 saturated carbocycles. The van der Waals surface area contributed by atoms with Gasteiger partial charge in [0, 0.05) is 39.3 Å². The molecular weight excluding hydrogens is 397 g/mol. The normalized spacial score (nSPS) is 17.7. The fourth-order valence-corrected chi connectivity index (χ4v) is 2.56. The van der Waals surface area contributed by atoms with E-state index in [4.69, 9.17) is 9.15 Å².